The molecule has 1 unspecified atom stereocenters. The van der Waals surface area contributed by atoms with Crippen LogP contribution in [0.5, 0.6) is 0 Å². The number of thiocarbonyl (C=S) groups is 2. The molecule has 2 rings (SSSR count). The molecule has 0 saturated heterocycles. The molecule has 0 aliphatic rings. The minimum atomic E-state index is -0.128. The Labute approximate surface area is 139 Å². The van der Waals surface area contributed by atoms with E-state index < -0.39 is 0 Å². The summed E-state index contributed by atoms with van der Waals surface area (Å²) < 4.78 is 12.0. The maximum atomic E-state index is 5.52. The lowest BCUT2D eigenvalue weighted by molar-refractivity contribution is 0.310. The fraction of sp³-hybridized carbons (Fsp3) is 0.400. The fourth-order valence-corrected chi connectivity index (χ4v) is 3.68. The van der Waals surface area contributed by atoms with Gasteiger partial charge in [0.15, 0.2) is 10.1 Å². The molecule has 2 aromatic rings. The van der Waals surface area contributed by atoms with E-state index in [1.807, 2.05) is 32.0 Å². The monoisotopic (exact) mass is 339 g/mol. The van der Waals surface area contributed by atoms with Crippen molar-refractivity contribution >= 4 is 56.1 Å². The number of benzene rings is 1. The molecule has 1 aromatic heterocycles. The third-order valence-corrected chi connectivity index (χ3v) is 4.69. The van der Waals surface area contributed by atoms with Crippen LogP contribution >= 0.6 is 35.8 Å². The Kier molecular flexibility index (Phi) is 6.02. The van der Waals surface area contributed by atoms with Crippen LogP contribution in [0.2, 0.25) is 0 Å². The Morgan fingerprint density at radius 2 is 1.90 bits per heavy atom. The van der Waals surface area contributed by atoms with Crippen LogP contribution in [0, 0.1) is 0 Å². The van der Waals surface area contributed by atoms with Gasteiger partial charge in [0, 0.05) is 6.42 Å². The SMILES string of the molecule is CCOC(=S)CC(C(=S)OCC)c1nc2ccccc2s1. The van der Waals surface area contributed by atoms with Gasteiger partial charge in [-0.15, -0.1) is 11.3 Å². The standard InChI is InChI=1S/C15H17NO2S3/c1-3-17-13(19)9-10(15(20)18-4-2)14-16-11-7-5-6-8-12(11)21-14/h5-8,10H,3-4,9H2,1-2H3. The Bertz CT molecular complexity index is 606. The molecule has 0 fully saturated rings. The summed E-state index contributed by atoms with van der Waals surface area (Å²) in [6, 6.07) is 8.03. The van der Waals surface area contributed by atoms with E-state index in [-0.39, 0.29) is 5.92 Å². The lowest BCUT2D eigenvalue weighted by Crippen LogP contribution is -2.18. The third kappa shape index (κ3) is 4.18. The van der Waals surface area contributed by atoms with Gasteiger partial charge < -0.3 is 9.47 Å². The number of thiazole rings is 1. The number of nitrogens with zero attached hydrogens (tertiary/aromatic N) is 1. The summed E-state index contributed by atoms with van der Waals surface area (Å²) >= 11 is 12.3. The molecule has 0 aliphatic heterocycles. The Hall–Kier alpha value is -1.11. The van der Waals surface area contributed by atoms with Crippen LogP contribution in [0.25, 0.3) is 10.2 Å². The first-order valence-electron chi connectivity index (χ1n) is 6.83. The van der Waals surface area contributed by atoms with E-state index in [2.05, 4.69) is 11.1 Å². The molecule has 21 heavy (non-hydrogen) atoms. The molecule has 0 aliphatic carbocycles. The van der Waals surface area contributed by atoms with E-state index in [0.29, 0.717) is 29.7 Å². The molecule has 0 amide bonds. The number of hydrogen-bond donors (Lipinski definition) is 0. The Morgan fingerprint density at radius 1 is 1.19 bits per heavy atom. The highest BCUT2D eigenvalue weighted by Gasteiger charge is 2.24. The maximum absolute atomic E-state index is 5.52. The first kappa shape index (κ1) is 16.3. The first-order chi connectivity index (χ1) is 10.2. The maximum Gasteiger partial charge on any atom is 0.170 e. The summed E-state index contributed by atoms with van der Waals surface area (Å²) in [7, 11) is 0. The van der Waals surface area contributed by atoms with Crippen molar-refractivity contribution < 1.29 is 9.47 Å². The topological polar surface area (TPSA) is 31.4 Å². The van der Waals surface area contributed by atoms with Crippen LogP contribution < -0.4 is 0 Å². The molecular formula is C15H17NO2S3. The minimum Gasteiger partial charge on any atom is -0.487 e. The van der Waals surface area contributed by atoms with Crippen LogP contribution in [-0.2, 0) is 9.47 Å². The molecule has 0 N–H and O–H groups in total. The number of ether oxygens (including phenoxy) is 2. The Morgan fingerprint density at radius 3 is 2.57 bits per heavy atom. The normalized spacial score (nSPS) is 12.1. The van der Waals surface area contributed by atoms with E-state index in [4.69, 9.17) is 33.9 Å². The second kappa shape index (κ2) is 7.77. The molecule has 0 saturated carbocycles. The number of para-hydroxylation sites is 1. The molecular weight excluding hydrogens is 322 g/mol. The van der Waals surface area contributed by atoms with Gasteiger partial charge in [-0.3, -0.25) is 0 Å². The summed E-state index contributed by atoms with van der Waals surface area (Å²) in [6.45, 7) is 4.94. The van der Waals surface area contributed by atoms with Crippen LogP contribution in [0.15, 0.2) is 24.3 Å². The van der Waals surface area contributed by atoms with Gasteiger partial charge in [0.1, 0.15) is 5.01 Å². The minimum absolute atomic E-state index is 0.128. The van der Waals surface area contributed by atoms with Crippen molar-refractivity contribution in [2.24, 2.45) is 0 Å². The molecule has 0 bridgehead atoms. The van der Waals surface area contributed by atoms with Gasteiger partial charge in [-0.1, -0.05) is 12.1 Å². The van der Waals surface area contributed by atoms with Gasteiger partial charge >= 0.3 is 0 Å². The average molecular weight is 340 g/mol. The summed E-state index contributed by atoms with van der Waals surface area (Å²) in [5.41, 5.74) is 0.976. The number of aromatic nitrogens is 1. The number of hydrogen-bond acceptors (Lipinski definition) is 6. The van der Waals surface area contributed by atoms with Gasteiger partial charge in [-0.25, -0.2) is 4.98 Å². The molecule has 0 spiro atoms. The molecule has 1 atom stereocenters. The van der Waals surface area contributed by atoms with Gasteiger partial charge in [0.2, 0.25) is 0 Å². The molecule has 1 aromatic carbocycles. The third-order valence-electron chi connectivity index (χ3n) is 2.86. The molecule has 1 heterocycles. The molecule has 3 nitrogen and oxygen atoms in total. The van der Waals surface area contributed by atoms with E-state index >= 15 is 0 Å². The largest absolute Gasteiger partial charge is 0.487 e. The summed E-state index contributed by atoms with van der Waals surface area (Å²) in [5.74, 6) is -0.128. The van der Waals surface area contributed by atoms with Crippen LogP contribution in [0.3, 0.4) is 0 Å². The zero-order valence-corrected chi connectivity index (χ0v) is 14.4. The number of fused-ring (bicyclic) bond motifs is 1. The summed E-state index contributed by atoms with van der Waals surface area (Å²) in [4.78, 5) is 4.67. The highest BCUT2D eigenvalue weighted by atomic mass is 32.1. The molecule has 6 heteroatoms. The lowest BCUT2D eigenvalue weighted by atomic mass is 10.1. The van der Waals surface area contributed by atoms with Crippen molar-refractivity contribution in [3.63, 3.8) is 0 Å². The van der Waals surface area contributed by atoms with E-state index in [1.165, 1.54) is 0 Å². The molecule has 0 radical (unpaired) electrons. The van der Waals surface area contributed by atoms with Crippen molar-refractivity contribution in [1.29, 1.82) is 0 Å². The van der Waals surface area contributed by atoms with Crippen molar-refractivity contribution in [1.82, 2.24) is 4.98 Å². The van der Waals surface area contributed by atoms with Gasteiger partial charge in [0.05, 0.1) is 29.3 Å². The quantitative estimate of drug-likeness (QED) is 0.724. The van der Waals surface area contributed by atoms with Crippen LogP contribution in [-0.4, -0.2) is 28.3 Å². The van der Waals surface area contributed by atoms with Crippen LogP contribution in [0.1, 0.15) is 31.2 Å². The van der Waals surface area contributed by atoms with Crippen molar-refractivity contribution in [2.75, 3.05) is 13.2 Å². The highest BCUT2D eigenvalue weighted by molar-refractivity contribution is 7.80. The lowest BCUT2D eigenvalue weighted by Gasteiger charge is -2.16. The van der Waals surface area contributed by atoms with E-state index in [0.717, 1.165) is 15.2 Å². The smallest absolute Gasteiger partial charge is 0.170 e. The zero-order valence-electron chi connectivity index (χ0n) is 12.0. The zero-order chi connectivity index (χ0) is 15.2. The van der Waals surface area contributed by atoms with E-state index in [9.17, 15) is 0 Å². The van der Waals surface area contributed by atoms with E-state index in [1.54, 1.807) is 11.3 Å². The second-order valence-electron chi connectivity index (χ2n) is 4.33. The van der Waals surface area contributed by atoms with Gasteiger partial charge in [-0.05, 0) is 50.4 Å². The predicted octanol–water partition coefficient (Wildman–Crippen LogP) is 4.50. The van der Waals surface area contributed by atoms with Crippen molar-refractivity contribution in [3.05, 3.63) is 29.3 Å². The van der Waals surface area contributed by atoms with Gasteiger partial charge in [0.25, 0.3) is 0 Å². The summed E-state index contributed by atoms with van der Waals surface area (Å²) in [6.07, 6.45) is 0.530. The summed E-state index contributed by atoms with van der Waals surface area (Å²) in [5, 5.41) is 2.00. The first-order valence-corrected chi connectivity index (χ1v) is 8.46. The Balaban J connectivity index is 2.28. The average Bonchev–Trinajstić information content (AvgIpc) is 2.88. The van der Waals surface area contributed by atoms with Crippen molar-refractivity contribution in [2.45, 2.75) is 26.2 Å². The second-order valence-corrected chi connectivity index (χ2v) is 6.25. The predicted molar refractivity (Wildman–Crippen MR) is 95.4 cm³/mol. The fourth-order valence-electron chi connectivity index (χ4n) is 1.94. The highest BCUT2D eigenvalue weighted by Crippen LogP contribution is 2.31. The van der Waals surface area contributed by atoms with Crippen molar-refractivity contribution in [3.8, 4) is 0 Å². The molecule has 112 valence electrons. The van der Waals surface area contributed by atoms with Gasteiger partial charge in [-0.2, -0.15) is 0 Å². The number of rotatable bonds is 6. The van der Waals surface area contributed by atoms with Crippen LogP contribution in [0.4, 0.5) is 0 Å².